The highest BCUT2D eigenvalue weighted by molar-refractivity contribution is 9.10. The molecule has 1 N–H and O–H groups in total. The molecule has 0 fully saturated rings. The first kappa shape index (κ1) is 14.9. The molecule has 0 spiro atoms. The molecule has 0 saturated heterocycles. The van der Waals surface area contributed by atoms with Crippen LogP contribution >= 0.6 is 15.9 Å². The number of halogens is 1. The van der Waals surface area contributed by atoms with Gasteiger partial charge >= 0.3 is 0 Å². The van der Waals surface area contributed by atoms with E-state index in [1.165, 1.54) is 5.56 Å². The number of hydrogen-bond donors (Lipinski definition) is 1. The Bertz CT molecular complexity index is 629. The van der Waals surface area contributed by atoms with E-state index in [4.69, 9.17) is 4.74 Å². The fourth-order valence-corrected chi connectivity index (χ4v) is 2.57. The SMILES string of the molecule is CNc1nc(-c2ccc(C)cc2C)nc(COC)c1Br. The molecule has 0 aliphatic heterocycles. The highest BCUT2D eigenvalue weighted by Crippen LogP contribution is 2.29. The fraction of sp³-hybridized carbons (Fsp3) is 0.333. The van der Waals surface area contributed by atoms with Gasteiger partial charge in [0.1, 0.15) is 5.82 Å². The minimum Gasteiger partial charge on any atom is -0.378 e. The molecular weight excluding hydrogens is 318 g/mol. The third kappa shape index (κ3) is 2.99. The molecule has 20 heavy (non-hydrogen) atoms. The Morgan fingerprint density at radius 1 is 1.25 bits per heavy atom. The summed E-state index contributed by atoms with van der Waals surface area (Å²) in [5, 5.41) is 3.08. The van der Waals surface area contributed by atoms with Gasteiger partial charge in [0.15, 0.2) is 5.82 Å². The van der Waals surface area contributed by atoms with Crippen molar-refractivity contribution in [3.63, 3.8) is 0 Å². The summed E-state index contributed by atoms with van der Waals surface area (Å²) in [6, 6.07) is 6.27. The highest BCUT2D eigenvalue weighted by Gasteiger charge is 2.13. The number of ether oxygens (including phenoxy) is 1. The van der Waals surface area contributed by atoms with Crippen LogP contribution in [0.15, 0.2) is 22.7 Å². The van der Waals surface area contributed by atoms with Crippen molar-refractivity contribution >= 4 is 21.7 Å². The molecule has 0 radical (unpaired) electrons. The third-order valence-electron chi connectivity index (χ3n) is 3.06. The van der Waals surface area contributed by atoms with Crippen molar-refractivity contribution in [3.8, 4) is 11.4 Å². The van der Waals surface area contributed by atoms with Gasteiger partial charge in [-0.25, -0.2) is 9.97 Å². The van der Waals surface area contributed by atoms with Crippen molar-refractivity contribution in [2.45, 2.75) is 20.5 Å². The maximum atomic E-state index is 5.20. The van der Waals surface area contributed by atoms with Gasteiger partial charge in [0.05, 0.1) is 16.8 Å². The van der Waals surface area contributed by atoms with E-state index in [0.717, 1.165) is 27.1 Å². The van der Waals surface area contributed by atoms with Crippen molar-refractivity contribution in [2.75, 3.05) is 19.5 Å². The van der Waals surface area contributed by atoms with Crippen LogP contribution in [0.3, 0.4) is 0 Å². The second-order valence-corrected chi connectivity index (χ2v) is 5.45. The smallest absolute Gasteiger partial charge is 0.162 e. The minimum atomic E-state index is 0.440. The van der Waals surface area contributed by atoms with Crippen LogP contribution in [0.5, 0.6) is 0 Å². The summed E-state index contributed by atoms with van der Waals surface area (Å²) in [7, 11) is 3.50. The maximum absolute atomic E-state index is 5.20. The van der Waals surface area contributed by atoms with Crippen molar-refractivity contribution in [2.24, 2.45) is 0 Å². The molecule has 1 heterocycles. The van der Waals surface area contributed by atoms with Gasteiger partial charge in [-0.1, -0.05) is 23.8 Å². The summed E-state index contributed by atoms with van der Waals surface area (Å²) in [5.74, 6) is 1.48. The molecule has 1 aromatic carbocycles. The molecule has 0 atom stereocenters. The maximum Gasteiger partial charge on any atom is 0.162 e. The van der Waals surface area contributed by atoms with E-state index in [-0.39, 0.29) is 0 Å². The molecule has 0 aliphatic carbocycles. The Morgan fingerprint density at radius 3 is 2.60 bits per heavy atom. The topological polar surface area (TPSA) is 47.0 Å². The second-order valence-electron chi connectivity index (χ2n) is 4.66. The van der Waals surface area contributed by atoms with Crippen LogP contribution in [0.4, 0.5) is 5.82 Å². The zero-order chi connectivity index (χ0) is 14.7. The summed E-state index contributed by atoms with van der Waals surface area (Å²) in [6.07, 6.45) is 0. The molecule has 0 aliphatic rings. The number of rotatable bonds is 4. The van der Waals surface area contributed by atoms with Crippen molar-refractivity contribution in [1.82, 2.24) is 9.97 Å². The van der Waals surface area contributed by atoms with Gasteiger partial charge in [0.2, 0.25) is 0 Å². The minimum absolute atomic E-state index is 0.440. The van der Waals surface area contributed by atoms with Crippen LogP contribution in [0.1, 0.15) is 16.8 Å². The molecule has 0 bridgehead atoms. The zero-order valence-electron chi connectivity index (χ0n) is 12.1. The standard InChI is InChI=1S/C15H18BrN3O/c1-9-5-6-11(10(2)7-9)14-18-12(8-20-4)13(16)15(17-3)19-14/h5-7H,8H2,1-4H3,(H,17,18,19). The first-order valence-electron chi connectivity index (χ1n) is 6.37. The van der Waals surface area contributed by atoms with Gasteiger partial charge in [-0.2, -0.15) is 0 Å². The van der Waals surface area contributed by atoms with Crippen LogP contribution in [-0.2, 0) is 11.3 Å². The first-order chi connectivity index (χ1) is 9.56. The molecule has 4 nitrogen and oxygen atoms in total. The number of nitrogens with zero attached hydrogens (tertiary/aromatic N) is 2. The van der Waals surface area contributed by atoms with E-state index >= 15 is 0 Å². The summed E-state index contributed by atoms with van der Waals surface area (Å²) in [6.45, 7) is 4.59. The van der Waals surface area contributed by atoms with E-state index in [0.29, 0.717) is 12.4 Å². The quantitative estimate of drug-likeness (QED) is 0.925. The lowest BCUT2D eigenvalue weighted by atomic mass is 10.1. The summed E-state index contributed by atoms with van der Waals surface area (Å²) < 4.78 is 6.04. The lowest BCUT2D eigenvalue weighted by molar-refractivity contribution is 0.181. The van der Waals surface area contributed by atoms with Crippen molar-refractivity contribution in [3.05, 3.63) is 39.5 Å². The number of hydrogen-bond acceptors (Lipinski definition) is 4. The monoisotopic (exact) mass is 335 g/mol. The zero-order valence-corrected chi connectivity index (χ0v) is 13.7. The predicted octanol–water partition coefficient (Wildman–Crippen LogP) is 3.71. The second kappa shape index (κ2) is 6.33. The summed E-state index contributed by atoms with van der Waals surface area (Å²) >= 11 is 3.51. The molecule has 1 aromatic heterocycles. The molecule has 5 heteroatoms. The van der Waals surface area contributed by atoms with Crippen LogP contribution in [0, 0.1) is 13.8 Å². The fourth-order valence-electron chi connectivity index (χ4n) is 2.08. The Labute approximate surface area is 127 Å². The van der Waals surface area contributed by atoms with Gasteiger partial charge in [-0.3, -0.25) is 0 Å². The normalized spacial score (nSPS) is 10.7. The highest BCUT2D eigenvalue weighted by atomic mass is 79.9. The Hall–Kier alpha value is -1.46. The van der Waals surface area contributed by atoms with Gasteiger partial charge in [-0.05, 0) is 35.3 Å². The van der Waals surface area contributed by atoms with Crippen molar-refractivity contribution in [1.29, 1.82) is 0 Å². The van der Waals surface area contributed by atoms with E-state index in [9.17, 15) is 0 Å². The first-order valence-corrected chi connectivity index (χ1v) is 7.16. The van der Waals surface area contributed by atoms with Crippen LogP contribution in [-0.4, -0.2) is 24.1 Å². The van der Waals surface area contributed by atoms with E-state index in [2.05, 4.69) is 63.3 Å². The van der Waals surface area contributed by atoms with Gasteiger partial charge in [-0.15, -0.1) is 0 Å². The molecule has 0 amide bonds. The number of aromatic nitrogens is 2. The molecular formula is C15H18BrN3O. The lowest BCUT2D eigenvalue weighted by Gasteiger charge is -2.12. The lowest BCUT2D eigenvalue weighted by Crippen LogP contribution is -2.04. The van der Waals surface area contributed by atoms with E-state index < -0.39 is 0 Å². The molecule has 0 unspecified atom stereocenters. The molecule has 106 valence electrons. The van der Waals surface area contributed by atoms with E-state index in [1.807, 2.05) is 7.05 Å². The molecule has 0 saturated carbocycles. The van der Waals surface area contributed by atoms with Crippen molar-refractivity contribution < 1.29 is 4.74 Å². The molecule has 2 aromatic rings. The van der Waals surface area contributed by atoms with Gasteiger partial charge < -0.3 is 10.1 Å². The van der Waals surface area contributed by atoms with Crippen LogP contribution in [0.25, 0.3) is 11.4 Å². The average Bonchev–Trinajstić information content (AvgIpc) is 2.41. The Kier molecular flexibility index (Phi) is 4.73. The summed E-state index contributed by atoms with van der Waals surface area (Å²) in [5.41, 5.74) is 4.27. The van der Waals surface area contributed by atoms with Gasteiger partial charge in [0, 0.05) is 19.7 Å². The largest absolute Gasteiger partial charge is 0.378 e. The summed E-state index contributed by atoms with van der Waals surface area (Å²) in [4.78, 5) is 9.18. The number of aryl methyl sites for hydroxylation is 2. The Balaban J connectivity index is 2.58. The number of nitrogens with one attached hydrogen (secondary N) is 1. The van der Waals surface area contributed by atoms with Crippen LogP contribution in [0.2, 0.25) is 0 Å². The number of anilines is 1. The Morgan fingerprint density at radius 2 is 2.00 bits per heavy atom. The number of benzene rings is 1. The van der Waals surface area contributed by atoms with Gasteiger partial charge in [0.25, 0.3) is 0 Å². The van der Waals surface area contributed by atoms with Crippen LogP contribution < -0.4 is 5.32 Å². The number of methoxy groups -OCH3 is 1. The predicted molar refractivity (Wildman–Crippen MR) is 84.9 cm³/mol. The average molecular weight is 336 g/mol. The third-order valence-corrected chi connectivity index (χ3v) is 3.89. The molecule has 2 rings (SSSR count). The van der Waals surface area contributed by atoms with E-state index in [1.54, 1.807) is 7.11 Å².